The van der Waals surface area contributed by atoms with Gasteiger partial charge < -0.3 is 15.6 Å². The number of anilines is 1. The molecule has 2 rings (SSSR count). The average Bonchev–Trinajstić information content (AvgIpc) is 2.70. The Bertz CT molecular complexity index is 506. The van der Waals surface area contributed by atoms with Gasteiger partial charge in [0.1, 0.15) is 0 Å². The minimum absolute atomic E-state index is 0.0968. The van der Waals surface area contributed by atoms with Crippen LogP contribution in [0.15, 0.2) is 29.2 Å². The normalized spacial score (nSPS) is 25.3. The molecule has 1 aliphatic rings. The molecular weight excluding hydrogens is 258 g/mol. The van der Waals surface area contributed by atoms with E-state index in [1.807, 2.05) is 0 Å². The van der Waals surface area contributed by atoms with E-state index in [0.717, 1.165) is 4.31 Å². The van der Waals surface area contributed by atoms with Gasteiger partial charge in [-0.3, -0.25) is 5.84 Å². The summed E-state index contributed by atoms with van der Waals surface area (Å²) in [5.41, 5.74) is 2.99. The monoisotopic (exact) mass is 273 g/mol. The van der Waals surface area contributed by atoms with Crippen LogP contribution < -0.4 is 11.3 Å². The quantitative estimate of drug-likeness (QED) is 0.402. The standard InChI is InChI=1S/C10H15N3O4S/c11-12-7-1-3-8(4-2-7)18(16,17)13-5-9(14)10(15)6-13/h1-4,9-10,12,14-15H,5-6,11H2. The highest BCUT2D eigenvalue weighted by Gasteiger charge is 2.37. The first-order valence-electron chi connectivity index (χ1n) is 5.38. The summed E-state index contributed by atoms with van der Waals surface area (Å²) < 4.78 is 25.4. The van der Waals surface area contributed by atoms with Crippen LogP contribution in [-0.2, 0) is 10.0 Å². The number of hydrogen-bond donors (Lipinski definition) is 4. The molecule has 0 aromatic heterocycles. The van der Waals surface area contributed by atoms with E-state index in [1.165, 1.54) is 24.3 Å². The number of rotatable bonds is 3. The summed E-state index contributed by atoms with van der Waals surface area (Å²) in [6, 6.07) is 5.91. The van der Waals surface area contributed by atoms with E-state index in [-0.39, 0.29) is 18.0 Å². The molecule has 0 bridgehead atoms. The van der Waals surface area contributed by atoms with Gasteiger partial charge in [-0.15, -0.1) is 0 Å². The number of nitrogens with two attached hydrogens (primary N) is 1. The third-order valence-corrected chi connectivity index (χ3v) is 4.73. The number of aliphatic hydroxyl groups is 2. The molecule has 2 unspecified atom stereocenters. The van der Waals surface area contributed by atoms with Crippen molar-refractivity contribution in [1.82, 2.24) is 4.31 Å². The second-order valence-corrected chi connectivity index (χ2v) is 6.06. The molecule has 1 saturated heterocycles. The van der Waals surface area contributed by atoms with Gasteiger partial charge in [0.25, 0.3) is 0 Å². The van der Waals surface area contributed by atoms with Crippen LogP contribution in [-0.4, -0.2) is 48.2 Å². The van der Waals surface area contributed by atoms with Crippen LogP contribution in [0.3, 0.4) is 0 Å². The molecule has 1 aliphatic heterocycles. The molecule has 1 aromatic rings. The molecule has 1 aromatic carbocycles. The van der Waals surface area contributed by atoms with Crippen molar-refractivity contribution in [2.75, 3.05) is 18.5 Å². The van der Waals surface area contributed by atoms with Gasteiger partial charge in [0.05, 0.1) is 17.1 Å². The van der Waals surface area contributed by atoms with Crippen LogP contribution in [0.5, 0.6) is 0 Å². The predicted molar refractivity (Wildman–Crippen MR) is 65.0 cm³/mol. The average molecular weight is 273 g/mol. The van der Waals surface area contributed by atoms with Crippen LogP contribution in [0, 0.1) is 0 Å². The van der Waals surface area contributed by atoms with Crippen molar-refractivity contribution >= 4 is 15.7 Å². The van der Waals surface area contributed by atoms with Gasteiger partial charge in [-0.05, 0) is 24.3 Å². The van der Waals surface area contributed by atoms with Gasteiger partial charge in [-0.25, -0.2) is 8.42 Å². The number of nitrogens with one attached hydrogen (secondary N) is 1. The highest BCUT2D eigenvalue weighted by atomic mass is 32.2. The molecule has 100 valence electrons. The van der Waals surface area contributed by atoms with Gasteiger partial charge >= 0.3 is 0 Å². The lowest BCUT2D eigenvalue weighted by atomic mass is 10.3. The van der Waals surface area contributed by atoms with Crippen molar-refractivity contribution in [3.05, 3.63) is 24.3 Å². The molecular formula is C10H15N3O4S. The van der Waals surface area contributed by atoms with Crippen molar-refractivity contribution in [3.8, 4) is 0 Å². The van der Waals surface area contributed by atoms with E-state index < -0.39 is 22.2 Å². The summed E-state index contributed by atoms with van der Waals surface area (Å²) in [6.45, 7) is -0.194. The Balaban J connectivity index is 2.25. The Morgan fingerprint density at radius 1 is 1.17 bits per heavy atom. The zero-order chi connectivity index (χ0) is 13.3. The molecule has 0 radical (unpaired) electrons. The van der Waals surface area contributed by atoms with E-state index in [9.17, 15) is 18.6 Å². The van der Waals surface area contributed by atoms with Crippen LogP contribution in [0.1, 0.15) is 0 Å². The van der Waals surface area contributed by atoms with Crippen LogP contribution in [0.2, 0.25) is 0 Å². The maximum Gasteiger partial charge on any atom is 0.243 e. The molecule has 5 N–H and O–H groups in total. The fourth-order valence-electron chi connectivity index (χ4n) is 1.80. The lowest BCUT2D eigenvalue weighted by Gasteiger charge is -2.15. The van der Waals surface area contributed by atoms with E-state index in [0.29, 0.717) is 5.69 Å². The van der Waals surface area contributed by atoms with Crippen molar-refractivity contribution in [1.29, 1.82) is 0 Å². The van der Waals surface area contributed by atoms with E-state index >= 15 is 0 Å². The summed E-state index contributed by atoms with van der Waals surface area (Å²) in [5.74, 6) is 5.19. The van der Waals surface area contributed by atoms with Gasteiger partial charge in [0, 0.05) is 18.8 Å². The van der Waals surface area contributed by atoms with Crippen molar-refractivity contribution in [2.24, 2.45) is 5.84 Å². The minimum Gasteiger partial charge on any atom is -0.389 e. The Morgan fingerprint density at radius 2 is 1.67 bits per heavy atom. The highest BCUT2D eigenvalue weighted by Crippen LogP contribution is 2.22. The van der Waals surface area contributed by atoms with Crippen molar-refractivity contribution in [3.63, 3.8) is 0 Å². The smallest absolute Gasteiger partial charge is 0.243 e. The summed E-state index contributed by atoms with van der Waals surface area (Å²) in [5, 5.41) is 18.8. The van der Waals surface area contributed by atoms with Crippen molar-refractivity contribution < 1.29 is 18.6 Å². The number of β-amino-alcohol motifs (C(OH)–C–C–N with tert-alkyl or cyclic N) is 2. The third kappa shape index (κ3) is 2.33. The maximum absolute atomic E-state index is 12.2. The van der Waals surface area contributed by atoms with Gasteiger partial charge in [0.15, 0.2) is 0 Å². The Labute approximate surface area is 105 Å². The van der Waals surface area contributed by atoms with Gasteiger partial charge in [-0.2, -0.15) is 4.31 Å². The molecule has 0 spiro atoms. The second-order valence-electron chi connectivity index (χ2n) is 4.13. The van der Waals surface area contributed by atoms with E-state index in [1.54, 1.807) is 0 Å². The molecule has 2 atom stereocenters. The number of nitrogens with zero attached hydrogens (tertiary/aromatic N) is 1. The first-order valence-corrected chi connectivity index (χ1v) is 6.82. The number of sulfonamides is 1. The maximum atomic E-state index is 12.2. The number of nitrogen functional groups attached to an aromatic ring is 1. The summed E-state index contributed by atoms with van der Waals surface area (Å²) in [6.07, 6.45) is -2.07. The summed E-state index contributed by atoms with van der Waals surface area (Å²) >= 11 is 0. The molecule has 1 heterocycles. The zero-order valence-electron chi connectivity index (χ0n) is 9.52. The van der Waals surface area contributed by atoms with Crippen LogP contribution in [0.25, 0.3) is 0 Å². The summed E-state index contributed by atoms with van der Waals surface area (Å²) in [4.78, 5) is 0.0998. The molecule has 0 aliphatic carbocycles. The second kappa shape index (κ2) is 4.82. The lowest BCUT2D eigenvalue weighted by molar-refractivity contribution is 0.0572. The predicted octanol–water partition coefficient (Wildman–Crippen LogP) is -1.30. The Morgan fingerprint density at radius 3 is 2.11 bits per heavy atom. The number of aliphatic hydroxyl groups excluding tert-OH is 2. The zero-order valence-corrected chi connectivity index (χ0v) is 10.3. The number of hydrazine groups is 1. The fourth-order valence-corrected chi connectivity index (χ4v) is 3.28. The number of hydrogen-bond acceptors (Lipinski definition) is 6. The third-order valence-electron chi connectivity index (χ3n) is 2.88. The Kier molecular flexibility index (Phi) is 3.55. The topological polar surface area (TPSA) is 116 Å². The van der Waals surface area contributed by atoms with Gasteiger partial charge in [0.2, 0.25) is 10.0 Å². The Hall–Kier alpha value is -1.19. The minimum atomic E-state index is -3.68. The fraction of sp³-hybridized carbons (Fsp3) is 0.400. The van der Waals surface area contributed by atoms with Crippen molar-refractivity contribution in [2.45, 2.75) is 17.1 Å². The summed E-state index contributed by atoms with van der Waals surface area (Å²) in [7, 11) is -3.68. The molecule has 1 fully saturated rings. The number of benzene rings is 1. The molecule has 7 nitrogen and oxygen atoms in total. The van der Waals surface area contributed by atoms with Crippen LogP contribution >= 0.6 is 0 Å². The largest absolute Gasteiger partial charge is 0.389 e. The highest BCUT2D eigenvalue weighted by molar-refractivity contribution is 7.89. The molecule has 0 saturated carbocycles. The molecule has 8 heteroatoms. The SMILES string of the molecule is NNc1ccc(S(=O)(=O)N2CC(O)C(O)C2)cc1. The van der Waals surface area contributed by atoms with Gasteiger partial charge in [-0.1, -0.05) is 0 Å². The first-order chi connectivity index (χ1) is 8.45. The van der Waals surface area contributed by atoms with E-state index in [4.69, 9.17) is 5.84 Å². The lowest BCUT2D eigenvalue weighted by Crippen LogP contribution is -2.30. The first kappa shape index (κ1) is 13.2. The van der Waals surface area contributed by atoms with Crippen LogP contribution in [0.4, 0.5) is 5.69 Å². The molecule has 18 heavy (non-hydrogen) atoms. The van der Waals surface area contributed by atoms with E-state index in [2.05, 4.69) is 5.43 Å². The molecule has 0 amide bonds.